The van der Waals surface area contributed by atoms with Gasteiger partial charge in [0.15, 0.2) is 0 Å². The Kier molecular flexibility index (Phi) is 6.74. The monoisotopic (exact) mass is 292 g/mol. The number of nitrogens with one attached hydrogen (secondary N) is 1. The first-order chi connectivity index (χ1) is 9.88. The van der Waals surface area contributed by atoms with Crippen molar-refractivity contribution in [1.29, 1.82) is 0 Å². The van der Waals surface area contributed by atoms with Crippen LogP contribution >= 0.6 is 0 Å². The Morgan fingerprint density at radius 1 is 1.24 bits per heavy atom. The lowest BCUT2D eigenvalue weighted by Gasteiger charge is -2.41. The molecular weight excluding hydrogens is 264 g/mol. The van der Waals surface area contributed by atoms with Gasteiger partial charge < -0.3 is 10.2 Å². The summed E-state index contributed by atoms with van der Waals surface area (Å²) in [4.78, 5) is 26.8. The van der Waals surface area contributed by atoms with Gasteiger partial charge >= 0.3 is 0 Å². The quantitative estimate of drug-likeness (QED) is 0.577. The van der Waals surface area contributed by atoms with E-state index in [-0.39, 0.29) is 29.8 Å². The highest BCUT2D eigenvalue weighted by atomic mass is 16.2. The van der Waals surface area contributed by atoms with Crippen molar-refractivity contribution in [3.63, 3.8) is 0 Å². The first kappa shape index (κ1) is 17.6. The molecule has 2 amide bonds. The highest BCUT2D eigenvalue weighted by molar-refractivity contribution is 5.97. The van der Waals surface area contributed by atoms with Crippen molar-refractivity contribution in [1.82, 2.24) is 10.2 Å². The Balaban J connectivity index is 2.80. The van der Waals surface area contributed by atoms with Crippen LogP contribution in [0.25, 0.3) is 0 Å². The lowest BCUT2D eigenvalue weighted by atomic mass is 9.93. The zero-order chi connectivity index (χ0) is 16.0. The average molecular weight is 292 g/mol. The van der Waals surface area contributed by atoms with E-state index >= 15 is 0 Å². The van der Waals surface area contributed by atoms with Gasteiger partial charge in [0.2, 0.25) is 11.8 Å². The maximum absolute atomic E-state index is 12.7. The van der Waals surface area contributed by atoms with Crippen LogP contribution in [0.2, 0.25) is 0 Å². The molecule has 0 radical (unpaired) electrons. The Bertz CT molecular complexity index is 410. The molecule has 1 rings (SSSR count). The third-order valence-electron chi connectivity index (χ3n) is 3.81. The maximum Gasteiger partial charge on any atom is 0.245 e. The number of nitrogens with zero attached hydrogens (tertiary/aromatic N) is 1. The van der Waals surface area contributed by atoms with Gasteiger partial charge in [0.25, 0.3) is 0 Å². The molecule has 1 N–H and O–H groups in total. The van der Waals surface area contributed by atoms with Crippen molar-refractivity contribution in [3.8, 4) is 12.3 Å². The van der Waals surface area contributed by atoms with Crippen LogP contribution in [0.5, 0.6) is 0 Å². The Labute approximate surface area is 128 Å². The Hall–Kier alpha value is -1.50. The van der Waals surface area contributed by atoms with Crippen molar-refractivity contribution in [2.75, 3.05) is 6.54 Å². The van der Waals surface area contributed by atoms with Crippen molar-refractivity contribution in [2.24, 2.45) is 11.8 Å². The van der Waals surface area contributed by atoms with Crippen molar-refractivity contribution >= 4 is 11.8 Å². The molecule has 2 atom stereocenters. The second kappa shape index (κ2) is 8.07. The van der Waals surface area contributed by atoms with Gasteiger partial charge in [-0.15, -0.1) is 12.3 Å². The zero-order valence-electron chi connectivity index (χ0n) is 13.7. The summed E-state index contributed by atoms with van der Waals surface area (Å²) < 4.78 is 0. The van der Waals surface area contributed by atoms with Crippen LogP contribution in [0.4, 0.5) is 0 Å². The molecule has 118 valence electrons. The molecule has 1 fully saturated rings. The van der Waals surface area contributed by atoms with Crippen molar-refractivity contribution in [2.45, 2.75) is 65.5 Å². The third kappa shape index (κ3) is 4.77. The van der Waals surface area contributed by atoms with E-state index in [1.54, 1.807) is 4.90 Å². The fourth-order valence-corrected chi connectivity index (χ4v) is 2.85. The Morgan fingerprint density at radius 2 is 1.90 bits per heavy atom. The van der Waals surface area contributed by atoms with Gasteiger partial charge in [0.1, 0.15) is 12.1 Å². The van der Waals surface area contributed by atoms with Crippen LogP contribution in [-0.4, -0.2) is 35.3 Å². The van der Waals surface area contributed by atoms with Gasteiger partial charge in [-0.3, -0.25) is 9.59 Å². The molecule has 0 aliphatic carbocycles. The maximum atomic E-state index is 12.7. The van der Waals surface area contributed by atoms with E-state index in [1.807, 2.05) is 13.8 Å². The van der Waals surface area contributed by atoms with E-state index in [0.717, 1.165) is 19.3 Å². The van der Waals surface area contributed by atoms with Gasteiger partial charge in [-0.25, -0.2) is 0 Å². The van der Waals surface area contributed by atoms with Gasteiger partial charge in [0.05, 0.1) is 0 Å². The number of piperazine rings is 1. The molecule has 0 saturated carbocycles. The third-order valence-corrected chi connectivity index (χ3v) is 3.81. The molecule has 0 aromatic carbocycles. The molecule has 1 aliphatic rings. The first-order valence-corrected chi connectivity index (χ1v) is 7.92. The second-order valence-corrected chi connectivity index (χ2v) is 6.57. The highest BCUT2D eigenvalue weighted by Crippen LogP contribution is 2.21. The smallest absolute Gasteiger partial charge is 0.245 e. The van der Waals surface area contributed by atoms with Crippen LogP contribution in [0.3, 0.4) is 0 Å². The van der Waals surface area contributed by atoms with E-state index in [4.69, 9.17) is 6.42 Å². The van der Waals surface area contributed by atoms with Crippen molar-refractivity contribution < 1.29 is 9.59 Å². The Morgan fingerprint density at radius 3 is 2.43 bits per heavy atom. The minimum absolute atomic E-state index is 0.0211. The molecule has 2 unspecified atom stereocenters. The number of amides is 2. The fraction of sp³-hybridized carbons (Fsp3) is 0.765. The van der Waals surface area contributed by atoms with Crippen LogP contribution in [0.1, 0.15) is 53.4 Å². The number of rotatable bonds is 7. The molecule has 0 spiro atoms. The zero-order valence-corrected chi connectivity index (χ0v) is 13.7. The minimum atomic E-state index is -0.375. The normalized spacial score (nSPS) is 22.6. The van der Waals surface area contributed by atoms with E-state index in [0.29, 0.717) is 18.9 Å². The van der Waals surface area contributed by atoms with Crippen LogP contribution in [0, 0.1) is 24.2 Å². The fourth-order valence-electron chi connectivity index (χ4n) is 2.85. The SMILES string of the molecule is C#CCCCCN1C(=O)C(CC(C)C)NC(=O)C1C(C)C. The largest absolute Gasteiger partial charge is 0.342 e. The lowest BCUT2D eigenvalue weighted by Crippen LogP contribution is -2.65. The van der Waals surface area contributed by atoms with E-state index in [9.17, 15) is 9.59 Å². The molecule has 1 heterocycles. The number of terminal acetylenes is 1. The lowest BCUT2D eigenvalue weighted by molar-refractivity contribution is -0.151. The predicted octanol–water partition coefficient (Wildman–Crippen LogP) is 2.19. The van der Waals surface area contributed by atoms with Gasteiger partial charge in [-0.05, 0) is 31.1 Å². The molecule has 21 heavy (non-hydrogen) atoms. The van der Waals surface area contributed by atoms with Crippen LogP contribution in [-0.2, 0) is 9.59 Å². The van der Waals surface area contributed by atoms with E-state index in [2.05, 4.69) is 25.1 Å². The van der Waals surface area contributed by atoms with Gasteiger partial charge in [-0.1, -0.05) is 27.7 Å². The van der Waals surface area contributed by atoms with Crippen molar-refractivity contribution in [3.05, 3.63) is 0 Å². The summed E-state index contributed by atoms with van der Waals surface area (Å²) in [6.45, 7) is 8.70. The van der Waals surface area contributed by atoms with Gasteiger partial charge in [0, 0.05) is 13.0 Å². The predicted molar refractivity (Wildman–Crippen MR) is 84.4 cm³/mol. The first-order valence-electron chi connectivity index (χ1n) is 7.92. The van der Waals surface area contributed by atoms with E-state index in [1.165, 1.54) is 0 Å². The molecule has 4 heteroatoms. The topological polar surface area (TPSA) is 49.4 Å². The number of hydrogen-bond acceptors (Lipinski definition) is 2. The average Bonchev–Trinajstić information content (AvgIpc) is 2.38. The number of unbranched alkanes of at least 4 members (excludes halogenated alkanes) is 2. The number of hydrogen-bond donors (Lipinski definition) is 1. The summed E-state index contributed by atoms with van der Waals surface area (Å²) in [5.41, 5.74) is 0. The summed E-state index contributed by atoms with van der Waals surface area (Å²) in [5.74, 6) is 3.13. The summed E-state index contributed by atoms with van der Waals surface area (Å²) in [7, 11) is 0. The number of carbonyl (C=O) groups excluding carboxylic acids is 2. The summed E-state index contributed by atoms with van der Waals surface area (Å²) in [6, 6.07) is -0.730. The highest BCUT2D eigenvalue weighted by Gasteiger charge is 2.41. The molecule has 4 nitrogen and oxygen atoms in total. The van der Waals surface area contributed by atoms with Crippen LogP contribution in [0.15, 0.2) is 0 Å². The molecule has 0 aromatic rings. The molecule has 0 bridgehead atoms. The molecule has 1 aliphatic heterocycles. The second-order valence-electron chi connectivity index (χ2n) is 6.57. The van der Waals surface area contributed by atoms with Gasteiger partial charge in [-0.2, -0.15) is 0 Å². The summed E-state index contributed by atoms with van der Waals surface area (Å²) in [6.07, 6.45) is 8.40. The molecule has 0 aromatic heterocycles. The van der Waals surface area contributed by atoms with E-state index < -0.39 is 0 Å². The molecular formula is C17H28N2O2. The summed E-state index contributed by atoms with van der Waals surface area (Å²) in [5, 5.41) is 2.90. The number of carbonyl (C=O) groups is 2. The summed E-state index contributed by atoms with van der Waals surface area (Å²) >= 11 is 0. The van der Waals surface area contributed by atoms with Crippen LogP contribution < -0.4 is 5.32 Å². The minimum Gasteiger partial charge on any atom is -0.342 e. The molecule has 1 saturated heterocycles. The standard InChI is InChI=1S/C17H28N2O2/c1-6-7-8-9-10-19-15(13(4)5)16(20)18-14(17(19)21)11-12(2)3/h1,12-15H,7-11H2,2-5H3,(H,18,20).